The van der Waals surface area contributed by atoms with Gasteiger partial charge in [0.25, 0.3) is 0 Å². The molecule has 0 aromatic carbocycles. The summed E-state index contributed by atoms with van der Waals surface area (Å²) in [5.74, 6) is 3.48. The lowest BCUT2D eigenvalue weighted by Gasteiger charge is -2.31. The molecule has 1 aliphatic rings. The number of piperidine rings is 1. The van der Waals surface area contributed by atoms with E-state index in [0.717, 1.165) is 19.0 Å². The van der Waals surface area contributed by atoms with Gasteiger partial charge in [0, 0.05) is 19.6 Å². The predicted octanol–water partition coefficient (Wildman–Crippen LogP) is 0.483. The van der Waals surface area contributed by atoms with Gasteiger partial charge in [-0.1, -0.05) is 5.92 Å². The number of nitrogens with one attached hydrogen (secondary N) is 1. The van der Waals surface area contributed by atoms with Crippen LogP contribution in [0.2, 0.25) is 0 Å². The Kier molecular flexibility index (Phi) is 6.47. The van der Waals surface area contributed by atoms with Crippen LogP contribution in [0, 0.1) is 18.3 Å². The van der Waals surface area contributed by atoms with E-state index >= 15 is 0 Å². The molecule has 0 aliphatic carbocycles. The third kappa shape index (κ3) is 5.50. The van der Waals surface area contributed by atoms with Crippen molar-refractivity contribution in [1.29, 1.82) is 0 Å². The van der Waals surface area contributed by atoms with Crippen molar-refractivity contribution in [1.82, 2.24) is 15.1 Å². The molecule has 0 radical (unpaired) electrons. The maximum absolute atomic E-state index is 5.18. The van der Waals surface area contributed by atoms with E-state index in [0.29, 0.717) is 6.54 Å². The van der Waals surface area contributed by atoms with Crippen LogP contribution in [-0.4, -0.2) is 63.2 Å². The monoisotopic (exact) mass is 223 g/mol. The Morgan fingerprint density at radius 2 is 2.12 bits per heavy atom. The van der Waals surface area contributed by atoms with Crippen molar-refractivity contribution in [2.45, 2.75) is 12.8 Å². The molecule has 1 saturated heterocycles. The first-order valence-corrected chi connectivity index (χ1v) is 6.23. The average molecular weight is 223 g/mol. The first-order chi connectivity index (χ1) is 7.72. The summed E-state index contributed by atoms with van der Waals surface area (Å²) in [6, 6.07) is 0. The molecule has 0 spiro atoms. The zero-order chi connectivity index (χ0) is 11.8. The molecule has 0 unspecified atom stereocenters. The predicted molar refractivity (Wildman–Crippen MR) is 69.4 cm³/mol. The van der Waals surface area contributed by atoms with Crippen molar-refractivity contribution in [3.8, 4) is 12.3 Å². The van der Waals surface area contributed by atoms with Gasteiger partial charge in [0.15, 0.2) is 0 Å². The molecule has 0 saturated carbocycles. The van der Waals surface area contributed by atoms with E-state index in [1.54, 1.807) is 0 Å². The Hall–Kier alpha value is -0.560. The summed E-state index contributed by atoms with van der Waals surface area (Å²) in [6.07, 6.45) is 7.87. The normalized spacial score (nSPS) is 18.9. The van der Waals surface area contributed by atoms with E-state index < -0.39 is 0 Å². The molecule has 0 aromatic heterocycles. The highest BCUT2D eigenvalue weighted by Crippen LogP contribution is 2.16. The van der Waals surface area contributed by atoms with Crippen LogP contribution in [0.1, 0.15) is 12.8 Å². The van der Waals surface area contributed by atoms with E-state index in [9.17, 15) is 0 Å². The standard InChI is InChI=1S/C13H25N3/c1-4-7-14-8-11-16(3)12-13-5-9-15(2)10-6-13/h1,13-14H,5-12H2,2-3H3. The minimum absolute atomic E-state index is 0.683. The highest BCUT2D eigenvalue weighted by atomic mass is 15.1. The molecule has 1 aliphatic heterocycles. The largest absolute Gasteiger partial charge is 0.306 e. The SMILES string of the molecule is C#CCNCCN(C)CC1CCN(C)CC1. The van der Waals surface area contributed by atoms with Crippen LogP contribution in [0.15, 0.2) is 0 Å². The summed E-state index contributed by atoms with van der Waals surface area (Å²) in [6.45, 7) is 6.51. The summed E-state index contributed by atoms with van der Waals surface area (Å²) in [7, 11) is 4.42. The zero-order valence-corrected chi connectivity index (χ0v) is 10.7. The van der Waals surface area contributed by atoms with Gasteiger partial charge in [-0.2, -0.15) is 0 Å². The van der Waals surface area contributed by atoms with Crippen LogP contribution in [0.5, 0.6) is 0 Å². The Morgan fingerprint density at radius 3 is 2.75 bits per heavy atom. The number of nitrogens with zero attached hydrogens (tertiary/aromatic N) is 2. The maximum Gasteiger partial charge on any atom is 0.0574 e. The Balaban J connectivity index is 2.05. The second kappa shape index (κ2) is 7.67. The van der Waals surface area contributed by atoms with Crippen molar-refractivity contribution < 1.29 is 0 Å². The number of hydrogen-bond acceptors (Lipinski definition) is 3. The van der Waals surface area contributed by atoms with Gasteiger partial charge < -0.3 is 15.1 Å². The van der Waals surface area contributed by atoms with E-state index in [1.165, 1.54) is 32.5 Å². The Labute approximate surface area is 100 Å². The third-order valence-electron chi connectivity index (χ3n) is 3.31. The molecule has 3 heteroatoms. The smallest absolute Gasteiger partial charge is 0.0574 e. The van der Waals surface area contributed by atoms with Crippen molar-refractivity contribution in [3.05, 3.63) is 0 Å². The molecule has 1 rings (SSSR count). The van der Waals surface area contributed by atoms with Gasteiger partial charge in [0.2, 0.25) is 0 Å². The maximum atomic E-state index is 5.18. The molecular weight excluding hydrogens is 198 g/mol. The number of terminal acetylenes is 1. The second-order valence-electron chi connectivity index (χ2n) is 4.89. The molecule has 16 heavy (non-hydrogen) atoms. The van der Waals surface area contributed by atoms with E-state index in [-0.39, 0.29) is 0 Å². The molecule has 0 amide bonds. The molecule has 0 bridgehead atoms. The quantitative estimate of drug-likeness (QED) is 0.522. The first kappa shape index (κ1) is 13.5. The zero-order valence-electron chi connectivity index (χ0n) is 10.7. The van der Waals surface area contributed by atoms with Crippen molar-refractivity contribution in [2.24, 2.45) is 5.92 Å². The highest BCUT2D eigenvalue weighted by Gasteiger charge is 2.17. The fourth-order valence-electron chi connectivity index (χ4n) is 2.21. The molecular formula is C13H25N3. The minimum atomic E-state index is 0.683. The lowest BCUT2D eigenvalue weighted by Crippen LogP contribution is -2.37. The topological polar surface area (TPSA) is 18.5 Å². The summed E-state index contributed by atoms with van der Waals surface area (Å²) in [5.41, 5.74) is 0. The summed E-state index contributed by atoms with van der Waals surface area (Å²) in [4.78, 5) is 4.84. The van der Waals surface area contributed by atoms with Gasteiger partial charge >= 0.3 is 0 Å². The van der Waals surface area contributed by atoms with Gasteiger partial charge in [-0.25, -0.2) is 0 Å². The van der Waals surface area contributed by atoms with Crippen molar-refractivity contribution in [2.75, 3.05) is 53.4 Å². The number of likely N-dealkylation sites (N-methyl/N-ethyl adjacent to an activating group) is 1. The van der Waals surface area contributed by atoms with Gasteiger partial charge in [0.1, 0.15) is 0 Å². The number of likely N-dealkylation sites (tertiary alicyclic amines) is 1. The van der Waals surface area contributed by atoms with E-state index in [4.69, 9.17) is 6.42 Å². The number of hydrogen-bond donors (Lipinski definition) is 1. The molecule has 0 aromatic rings. The fraction of sp³-hybridized carbons (Fsp3) is 0.846. The molecule has 3 nitrogen and oxygen atoms in total. The van der Waals surface area contributed by atoms with Crippen molar-refractivity contribution in [3.63, 3.8) is 0 Å². The van der Waals surface area contributed by atoms with Crippen LogP contribution in [0.4, 0.5) is 0 Å². The molecule has 1 N–H and O–H groups in total. The summed E-state index contributed by atoms with van der Waals surface area (Å²) < 4.78 is 0. The van der Waals surface area contributed by atoms with E-state index in [2.05, 4.69) is 35.1 Å². The minimum Gasteiger partial charge on any atom is -0.306 e. The van der Waals surface area contributed by atoms with E-state index in [1.807, 2.05) is 0 Å². The van der Waals surface area contributed by atoms with Gasteiger partial charge in [0.05, 0.1) is 6.54 Å². The molecule has 1 fully saturated rings. The second-order valence-corrected chi connectivity index (χ2v) is 4.89. The molecule has 1 heterocycles. The first-order valence-electron chi connectivity index (χ1n) is 6.23. The van der Waals surface area contributed by atoms with Gasteiger partial charge in [-0.3, -0.25) is 0 Å². The lowest BCUT2D eigenvalue weighted by molar-refractivity contribution is 0.177. The van der Waals surface area contributed by atoms with Gasteiger partial charge in [-0.15, -0.1) is 6.42 Å². The van der Waals surface area contributed by atoms with Crippen LogP contribution in [0.25, 0.3) is 0 Å². The van der Waals surface area contributed by atoms with Crippen LogP contribution >= 0.6 is 0 Å². The van der Waals surface area contributed by atoms with Crippen LogP contribution in [-0.2, 0) is 0 Å². The third-order valence-corrected chi connectivity index (χ3v) is 3.31. The van der Waals surface area contributed by atoms with Crippen LogP contribution in [0.3, 0.4) is 0 Å². The van der Waals surface area contributed by atoms with Gasteiger partial charge in [-0.05, 0) is 45.9 Å². The Morgan fingerprint density at radius 1 is 1.44 bits per heavy atom. The average Bonchev–Trinajstić information content (AvgIpc) is 2.28. The number of rotatable bonds is 6. The summed E-state index contributed by atoms with van der Waals surface area (Å²) in [5, 5.41) is 3.22. The van der Waals surface area contributed by atoms with Crippen LogP contribution < -0.4 is 5.32 Å². The fourth-order valence-corrected chi connectivity index (χ4v) is 2.21. The Bertz CT molecular complexity index is 214. The molecule has 0 atom stereocenters. The lowest BCUT2D eigenvalue weighted by atomic mass is 9.97. The molecule has 92 valence electrons. The highest BCUT2D eigenvalue weighted by molar-refractivity contribution is 4.86. The summed E-state index contributed by atoms with van der Waals surface area (Å²) >= 11 is 0. The van der Waals surface area contributed by atoms with Crippen molar-refractivity contribution >= 4 is 0 Å².